The lowest BCUT2D eigenvalue weighted by Crippen LogP contribution is -2.49. The van der Waals surface area contributed by atoms with Gasteiger partial charge in [-0.25, -0.2) is 4.79 Å². The van der Waals surface area contributed by atoms with Gasteiger partial charge in [-0.15, -0.1) is 0 Å². The number of aliphatic hydroxyl groups is 1. The van der Waals surface area contributed by atoms with E-state index in [1.54, 1.807) is 0 Å². The van der Waals surface area contributed by atoms with Gasteiger partial charge in [0.15, 0.2) is 0 Å². The second-order valence-electron chi connectivity index (χ2n) is 3.25. The fraction of sp³-hybridized carbons (Fsp3) is 0.300. The molecule has 1 rings (SSSR count). The number of methoxy groups -OCH3 is 1. The summed E-state index contributed by atoms with van der Waals surface area (Å²) in [7, 11) is 1.21. The third-order valence-corrected chi connectivity index (χ3v) is 2.21. The summed E-state index contributed by atoms with van der Waals surface area (Å²) < 4.78 is 42.5. The van der Waals surface area contributed by atoms with Crippen molar-refractivity contribution in [3.8, 4) is 5.75 Å². The van der Waals surface area contributed by atoms with Crippen molar-refractivity contribution in [2.24, 2.45) is 0 Å². The van der Waals surface area contributed by atoms with Crippen LogP contribution in [0.1, 0.15) is 5.56 Å². The normalized spacial score (nSPS) is 15.1. The predicted octanol–water partition coefficient (Wildman–Crippen LogP) is 1.53. The number of halogens is 3. The van der Waals surface area contributed by atoms with Gasteiger partial charge in [-0.3, -0.25) is 0 Å². The van der Waals surface area contributed by atoms with Crippen LogP contribution in [0.25, 0.3) is 0 Å². The minimum absolute atomic E-state index is 0.0198. The van der Waals surface area contributed by atoms with Crippen LogP contribution in [0.3, 0.4) is 0 Å². The molecule has 7 heteroatoms. The second-order valence-corrected chi connectivity index (χ2v) is 3.25. The smallest absolute Gasteiger partial charge is 0.432 e. The van der Waals surface area contributed by atoms with E-state index < -0.39 is 23.3 Å². The highest BCUT2D eigenvalue weighted by molar-refractivity contribution is 5.80. The Morgan fingerprint density at radius 2 is 1.94 bits per heavy atom. The Morgan fingerprint density at radius 1 is 1.35 bits per heavy atom. The van der Waals surface area contributed by atoms with Crippen molar-refractivity contribution in [3.05, 3.63) is 29.8 Å². The van der Waals surface area contributed by atoms with Gasteiger partial charge in [0, 0.05) is 5.56 Å². The van der Waals surface area contributed by atoms with Crippen molar-refractivity contribution < 1.29 is 32.9 Å². The second kappa shape index (κ2) is 4.25. The molecule has 0 fully saturated rings. The van der Waals surface area contributed by atoms with E-state index >= 15 is 0 Å². The highest BCUT2D eigenvalue weighted by atomic mass is 19.4. The SMILES string of the molecule is COc1cccc(C(O)(C(=O)O)C(F)(F)F)c1. The van der Waals surface area contributed by atoms with Crippen LogP contribution in [0, 0.1) is 0 Å². The summed E-state index contributed by atoms with van der Waals surface area (Å²) >= 11 is 0. The zero-order chi connectivity index (χ0) is 13.3. The Balaban J connectivity index is 3.38. The molecule has 0 aliphatic carbocycles. The van der Waals surface area contributed by atoms with Gasteiger partial charge in [0.25, 0.3) is 5.60 Å². The zero-order valence-electron chi connectivity index (χ0n) is 8.65. The van der Waals surface area contributed by atoms with E-state index in [0.29, 0.717) is 0 Å². The van der Waals surface area contributed by atoms with E-state index in [4.69, 9.17) is 5.11 Å². The summed E-state index contributed by atoms with van der Waals surface area (Å²) in [6.45, 7) is 0. The van der Waals surface area contributed by atoms with Crippen LogP contribution in [-0.2, 0) is 10.4 Å². The molecule has 94 valence electrons. The van der Waals surface area contributed by atoms with E-state index in [-0.39, 0.29) is 5.75 Å². The van der Waals surface area contributed by atoms with Crippen LogP contribution in [0.15, 0.2) is 24.3 Å². The number of carboxylic acids is 1. The number of hydrogen-bond donors (Lipinski definition) is 2. The molecule has 1 aromatic rings. The lowest BCUT2D eigenvalue weighted by atomic mass is 9.93. The minimum Gasteiger partial charge on any atom is -0.497 e. The van der Waals surface area contributed by atoms with Crippen molar-refractivity contribution in [2.45, 2.75) is 11.8 Å². The number of alkyl halides is 3. The van der Waals surface area contributed by atoms with Crippen molar-refractivity contribution in [3.63, 3.8) is 0 Å². The number of carbonyl (C=O) groups is 1. The summed E-state index contributed by atoms with van der Waals surface area (Å²) in [5.74, 6) is -2.37. The quantitative estimate of drug-likeness (QED) is 0.853. The molecular weight excluding hydrogens is 241 g/mol. The maximum absolute atomic E-state index is 12.6. The fourth-order valence-electron chi connectivity index (χ4n) is 1.26. The summed E-state index contributed by atoms with van der Waals surface area (Å²) in [6.07, 6.45) is -5.33. The first kappa shape index (κ1) is 13.3. The van der Waals surface area contributed by atoms with Crippen molar-refractivity contribution in [2.75, 3.05) is 7.11 Å². The van der Waals surface area contributed by atoms with Crippen LogP contribution in [0.5, 0.6) is 5.75 Å². The van der Waals surface area contributed by atoms with E-state index in [2.05, 4.69) is 4.74 Å². The molecule has 0 aromatic heterocycles. The largest absolute Gasteiger partial charge is 0.497 e. The van der Waals surface area contributed by atoms with Crippen molar-refractivity contribution in [1.29, 1.82) is 0 Å². The van der Waals surface area contributed by atoms with Crippen LogP contribution in [0.2, 0.25) is 0 Å². The molecule has 0 saturated carbocycles. The van der Waals surface area contributed by atoms with Crippen LogP contribution >= 0.6 is 0 Å². The molecule has 1 unspecified atom stereocenters. The number of aliphatic carboxylic acids is 1. The number of hydrogen-bond acceptors (Lipinski definition) is 3. The maximum Gasteiger partial charge on any atom is 0.432 e. The summed E-state index contributed by atoms with van der Waals surface area (Å²) in [5.41, 5.74) is -4.75. The lowest BCUT2D eigenvalue weighted by molar-refractivity contribution is -0.265. The Hall–Kier alpha value is -1.76. The molecule has 0 saturated heterocycles. The number of ether oxygens (including phenoxy) is 1. The third kappa shape index (κ3) is 2.19. The average molecular weight is 250 g/mol. The van der Waals surface area contributed by atoms with Gasteiger partial charge in [0.2, 0.25) is 0 Å². The molecule has 1 aromatic carbocycles. The van der Waals surface area contributed by atoms with Gasteiger partial charge in [-0.05, 0) is 12.1 Å². The first-order chi connectivity index (χ1) is 7.73. The van der Waals surface area contributed by atoms with E-state index in [1.807, 2.05) is 0 Å². The Labute approximate surface area is 94.3 Å². The van der Waals surface area contributed by atoms with E-state index in [0.717, 1.165) is 18.2 Å². The van der Waals surface area contributed by atoms with Crippen molar-refractivity contribution >= 4 is 5.97 Å². The lowest BCUT2D eigenvalue weighted by Gasteiger charge is -2.26. The number of benzene rings is 1. The maximum atomic E-state index is 12.6. The Kier molecular flexibility index (Phi) is 3.33. The molecule has 17 heavy (non-hydrogen) atoms. The highest BCUT2D eigenvalue weighted by Crippen LogP contribution is 2.40. The Morgan fingerprint density at radius 3 is 2.35 bits per heavy atom. The number of carboxylic acid groups (broad SMARTS) is 1. The van der Waals surface area contributed by atoms with E-state index in [1.165, 1.54) is 13.2 Å². The molecule has 2 N–H and O–H groups in total. The fourth-order valence-corrected chi connectivity index (χ4v) is 1.26. The molecule has 0 spiro atoms. The molecule has 1 atom stereocenters. The first-order valence-corrected chi connectivity index (χ1v) is 4.40. The standard InChI is InChI=1S/C10H9F3O4/c1-17-7-4-2-3-6(5-7)9(16,8(14)15)10(11,12)13/h2-5,16H,1H3,(H,14,15). The van der Waals surface area contributed by atoms with Crippen LogP contribution in [0.4, 0.5) is 13.2 Å². The predicted molar refractivity (Wildman–Crippen MR) is 50.6 cm³/mol. The molecule has 0 aliphatic rings. The van der Waals surface area contributed by atoms with Crippen LogP contribution < -0.4 is 4.74 Å². The average Bonchev–Trinajstić information content (AvgIpc) is 2.26. The first-order valence-electron chi connectivity index (χ1n) is 4.40. The molecule has 0 heterocycles. The van der Waals surface area contributed by atoms with E-state index in [9.17, 15) is 23.1 Å². The van der Waals surface area contributed by atoms with Gasteiger partial charge < -0.3 is 14.9 Å². The van der Waals surface area contributed by atoms with Gasteiger partial charge in [-0.1, -0.05) is 12.1 Å². The highest BCUT2D eigenvalue weighted by Gasteiger charge is 2.61. The van der Waals surface area contributed by atoms with Gasteiger partial charge in [0.1, 0.15) is 5.75 Å². The van der Waals surface area contributed by atoms with Crippen molar-refractivity contribution in [1.82, 2.24) is 0 Å². The zero-order valence-corrected chi connectivity index (χ0v) is 8.65. The summed E-state index contributed by atoms with van der Waals surface area (Å²) in [5, 5.41) is 17.9. The number of rotatable bonds is 3. The molecular formula is C10H9F3O4. The third-order valence-electron chi connectivity index (χ3n) is 2.21. The molecule has 0 radical (unpaired) electrons. The summed E-state index contributed by atoms with van der Waals surface area (Å²) in [4.78, 5) is 10.7. The Bertz CT molecular complexity index is 430. The molecule has 0 bridgehead atoms. The van der Waals surface area contributed by atoms with Gasteiger partial charge in [-0.2, -0.15) is 13.2 Å². The topological polar surface area (TPSA) is 66.8 Å². The minimum atomic E-state index is -5.33. The van der Waals surface area contributed by atoms with Gasteiger partial charge in [0.05, 0.1) is 7.11 Å². The summed E-state index contributed by atoms with van der Waals surface area (Å²) in [6, 6.07) is 4.18. The molecule has 0 amide bonds. The van der Waals surface area contributed by atoms with Crippen LogP contribution in [-0.4, -0.2) is 29.5 Å². The monoisotopic (exact) mass is 250 g/mol. The van der Waals surface area contributed by atoms with Gasteiger partial charge >= 0.3 is 12.1 Å². The molecule has 4 nitrogen and oxygen atoms in total. The molecule has 0 aliphatic heterocycles.